The van der Waals surface area contributed by atoms with Crippen LogP contribution in [0.1, 0.15) is 40.0 Å². The molecule has 10 nitrogen and oxygen atoms in total. The lowest BCUT2D eigenvalue weighted by Gasteiger charge is -2.29. The summed E-state index contributed by atoms with van der Waals surface area (Å²) in [6.07, 6.45) is 3.03. The summed E-state index contributed by atoms with van der Waals surface area (Å²) in [6, 6.07) is 16.2. The number of carbonyl (C=O) groups is 4. The zero-order chi connectivity index (χ0) is 25.1. The van der Waals surface area contributed by atoms with Crippen molar-refractivity contribution in [2.75, 3.05) is 6.54 Å². The molecule has 3 aromatic rings. The molecule has 5 amide bonds. The van der Waals surface area contributed by atoms with Crippen molar-refractivity contribution in [3.8, 4) is 5.69 Å². The molecule has 1 saturated heterocycles. The Morgan fingerprint density at radius 3 is 2.69 bits per heavy atom. The van der Waals surface area contributed by atoms with Crippen molar-refractivity contribution in [2.24, 2.45) is 0 Å². The molecule has 184 valence electrons. The largest absolute Gasteiger partial charge is 0.338 e. The average Bonchev–Trinajstić information content (AvgIpc) is 3.48. The molecular formula is C26H26N6O4. The Morgan fingerprint density at radius 2 is 1.89 bits per heavy atom. The van der Waals surface area contributed by atoms with E-state index in [1.807, 2.05) is 54.7 Å². The van der Waals surface area contributed by atoms with Gasteiger partial charge in [0.05, 0.1) is 11.4 Å². The van der Waals surface area contributed by atoms with E-state index >= 15 is 0 Å². The monoisotopic (exact) mass is 486 g/mol. The summed E-state index contributed by atoms with van der Waals surface area (Å²) in [5.41, 5.74) is 3.98. The van der Waals surface area contributed by atoms with Gasteiger partial charge in [-0.2, -0.15) is 5.10 Å². The van der Waals surface area contributed by atoms with Crippen LogP contribution in [0.15, 0.2) is 60.8 Å². The van der Waals surface area contributed by atoms with Crippen molar-refractivity contribution in [3.63, 3.8) is 0 Å². The molecule has 2 aromatic carbocycles. The predicted molar refractivity (Wildman–Crippen MR) is 130 cm³/mol. The van der Waals surface area contributed by atoms with Gasteiger partial charge in [0.25, 0.3) is 5.91 Å². The van der Waals surface area contributed by atoms with Crippen LogP contribution in [0.5, 0.6) is 0 Å². The second-order valence-electron chi connectivity index (χ2n) is 8.84. The lowest BCUT2D eigenvalue weighted by Crippen LogP contribution is -2.52. The SMILES string of the molecule is O=C1CCC(N2Cc3ccc(CNC(=O)NCCc4ccn(-c5ccccc5)n4)cc3C2=O)C(=O)N1. The Bertz CT molecular complexity index is 1320. The third-order valence-electron chi connectivity index (χ3n) is 6.38. The van der Waals surface area contributed by atoms with E-state index < -0.39 is 11.9 Å². The molecular weight excluding hydrogens is 460 g/mol. The van der Waals surface area contributed by atoms with Gasteiger partial charge in [-0.25, -0.2) is 9.48 Å². The number of amides is 5. The van der Waals surface area contributed by atoms with Gasteiger partial charge in [-0.05, 0) is 41.8 Å². The van der Waals surface area contributed by atoms with E-state index in [0.717, 1.165) is 22.5 Å². The quantitative estimate of drug-likeness (QED) is 0.438. The van der Waals surface area contributed by atoms with Gasteiger partial charge in [-0.3, -0.25) is 19.7 Å². The molecule has 0 radical (unpaired) electrons. The van der Waals surface area contributed by atoms with Crippen LogP contribution >= 0.6 is 0 Å². The first kappa shape index (κ1) is 23.3. The molecule has 0 saturated carbocycles. The second kappa shape index (κ2) is 10.0. The molecule has 3 heterocycles. The van der Waals surface area contributed by atoms with Crippen molar-refractivity contribution < 1.29 is 19.2 Å². The Labute approximate surface area is 207 Å². The van der Waals surface area contributed by atoms with Crippen LogP contribution in [0, 0.1) is 0 Å². The van der Waals surface area contributed by atoms with Gasteiger partial charge >= 0.3 is 6.03 Å². The maximum Gasteiger partial charge on any atom is 0.315 e. The standard InChI is InChI=1S/C26H26N6O4/c33-23-9-8-22(24(34)29-23)31-16-18-7-6-17(14-21(18)25(31)35)15-28-26(36)27-12-10-19-11-13-32(30-19)20-4-2-1-3-5-20/h1-7,11,13-14,22H,8-10,12,15-16H2,(H2,27,28,36)(H,29,33,34). The minimum absolute atomic E-state index is 0.218. The number of hydrogen-bond acceptors (Lipinski definition) is 5. The molecule has 36 heavy (non-hydrogen) atoms. The maximum atomic E-state index is 12.9. The molecule has 0 bridgehead atoms. The third kappa shape index (κ3) is 4.97. The third-order valence-corrected chi connectivity index (χ3v) is 6.38. The van der Waals surface area contributed by atoms with Crippen LogP contribution in [0.2, 0.25) is 0 Å². The number of urea groups is 1. The van der Waals surface area contributed by atoms with Gasteiger partial charge < -0.3 is 15.5 Å². The zero-order valence-corrected chi connectivity index (χ0v) is 19.6. The molecule has 2 aliphatic heterocycles. The van der Waals surface area contributed by atoms with Crippen molar-refractivity contribution in [1.82, 2.24) is 30.6 Å². The molecule has 1 unspecified atom stereocenters. The highest BCUT2D eigenvalue weighted by atomic mass is 16.2. The van der Waals surface area contributed by atoms with E-state index in [2.05, 4.69) is 21.0 Å². The number of rotatable bonds is 7. The Hall–Kier alpha value is -4.47. The first-order chi connectivity index (χ1) is 17.5. The number of fused-ring (bicyclic) bond motifs is 1. The van der Waals surface area contributed by atoms with Crippen LogP contribution in [-0.4, -0.2) is 51.0 Å². The molecule has 5 rings (SSSR count). The van der Waals surface area contributed by atoms with E-state index in [0.29, 0.717) is 31.5 Å². The fourth-order valence-corrected chi connectivity index (χ4v) is 4.48. The number of piperidine rings is 1. The maximum absolute atomic E-state index is 12.9. The number of nitrogens with zero attached hydrogens (tertiary/aromatic N) is 3. The second-order valence-corrected chi connectivity index (χ2v) is 8.84. The van der Waals surface area contributed by atoms with Gasteiger partial charge in [0.15, 0.2) is 0 Å². The normalized spacial score (nSPS) is 17.1. The fourth-order valence-electron chi connectivity index (χ4n) is 4.48. The van der Waals surface area contributed by atoms with E-state index in [1.165, 1.54) is 4.90 Å². The highest BCUT2D eigenvalue weighted by Gasteiger charge is 2.39. The number of hydrogen-bond donors (Lipinski definition) is 3. The van der Waals surface area contributed by atoms with Crippen LogP contribution < -0.4 is 16.0 Å². The number of carbonyl (C=O) groups excluding carboxylic acids is 4. The highest BCUT2D eigenvalue weighted by molar-refractivity contribution is 6.05. The molecule has 1 fully saturated rings. The zero-order valence-electron chi connectivity index (χ0n) is 19.6. The van der Waals surface area contributed by atoms with Gasteiger partial charge in [0.2, 0.25) is 11.8 Å². The average molecular weight is 487 g/mol. The smallest absolute Gasteiger partial charge is 0.315 e. The summed E-state index contributed by atoms with van der Waals surface area (Å²) in [5.74, 6) is -0.979. The number of nitrogens with one attached hydrogen (secondary N) is 3. The molecule has 1 aromatic heterocycles. The van der Waals surface area contributed by atoms with Crippen LogP contribution in [0.4, 0.5) is 4.79 Å². The van der Waals surface area contributed by atoms with Crippen molar-refractivity contribution >= 4 is 23.8 Å². The van der Waals surface area contributed by atoms with Crippen molar-refractivity contribution in [2.45, 2.75) is 38.4 Å². The summed E-state index contributed by atoms with van der Waals surface area (Å²) in [6.45, 7) is 1.02. The Morgan fingerprint density at radius 1 is 1.06 bits per heavy atom. The topological polar surface area (TPSA) is 125 Å². The van der Waals surface area contributed by atoms with E-state index in [9.17, 15) is 19.2 Å². The molecule has 1 atom stereocenters. The van der Waals surface area contributed by atoms with Gasteiger partial charge in [-0.1, -0.05) is 30.3 Å². The summed E-state index contributed by atoms with van der Waals surface area (Å²) in [5, 5.41) is 12.5. The first-order valence-corrected chi connectivity index (χ1v) is 11.9. The van der Waals surface area contributed by atoms with Crippen LogP contribution in [0.25, 0.3) is 5.69 Å². The molecule has 10 heteroatoms. The molecule has 2 aliphatic rings. The van der Waals surface area contributed by atoms with Gasteiger partial charge in [0.1, 0.15) is 6.04 Å². The van der Waals surface area contributed by atoms with Crippen molar-refractivity contribution in [3.05, 3.63) is 83.2 Å². The molecule has 0 aliphatic carbocycles. The Balaban J connectivity index is 1.10. The van der Waals surface area contributed by atoms with Crippen molar-refractivity contribution in [1.29, 1.82) is 0 Å². The highest BCUT2D eigenvalue weighted by Crippen LogP contribution is 2.28. The van der Waals surface area contributed by atoms with E-state index in [1.54, 1.807) is 10.7 Å². The van der Waals surface area contributed by atoms with E-state index in [4.69, 9.17) is 0 Å². The van der Waals surface area contributed by atoms with Gasteiger partial charge in [-0.15, -0.1) is 0 Å². The van der Waals surface area contributed by atoms with Crippen LogP contribution in [0.3, 0.4) is 0 Å². The van der Waals surface area contributed by atoms with Crippen LogP contribution in [-0.2, 0) is 29.1 Å². The first-order valence-electron chi connectivity index (χ1n) is 11.9. The summed E-state index contributed by atoms with van der Waals surface area (Å²) in [7, 11) is 0. The summed E-state index contributed by atoms with van der Waals surface area (Å²) >= 11 is 0. The Kier molecular flexibility index (Phi) is 6.48. The number of benzene rings is 2. The number of para-hydroxylation sites is 1. The minimum atomic E-state index is -0.644. The van der Waals surface area contributed by atoms with Gasteiger partial charge in [0, 0.05) is 44.2 Å². The fraction of sp³-hybridized carbons (Fsp3) is 0.269. The summed E-state index contributed by atoms with van der Waals surface area (Å²) < 4.78 is 1.80. The summed E-state index contributed by atoms with van der Waals surface area (Å²) in [4.78, 5) is 50.3. The minimum Gasteiger partial charge on any atom is -0.338 e. The predicted octanol–water partition coefficient (Wildman–Crippen LogP) is 1.68. The lowest BCUT2D eigenvalue weighted by molar-refractivity contribution is -0.136. The number of imide groups is 1. The number of aromatic nitrogens is 2. The molecule has 0 spiro atoms. The molecule has 3 N–H and O–H groups in total. The lowest BCUT2D eigenvalue weighted by atomic mass is 10.0. The van der Waals surface area contributed by atoms with E-state index in [-0.39, 0.29) is 30.8 Å².